The number of nitrogens with zero attached hydrogens (tertiary/aromatic N) is 1. The van der Waals surface area contributed by atoms with Gasteiger partial charge >= 0.3 is 5.97 Å². The van der Waals surface area contributed by atoms with E-state index in [0.29, 0.717) is 0 Å². The van der Waals surface area contributed by atoms with E-state index in [1.165, 1.54) is 0 Å². The lowest BCUT2D eigenvalue weighted by Gasteiger charge is -2.25. The quantitative estimate of drug-likeness (QED) is 0.0602. The first-order chi connectivity index (χ1) is 15.3. The van der Waals surface area contributed by atoms with E-state index in [-0.39, 0.29) is 25.3 Å². The van der Waals surface area contributed by atoms with Gasteiger partial charge in [0.15, 0.2) is 12.0 Å². The van der Waals surface area contributed by atoms with E-state index in [9.17, 15) is 29.1 Å². The Bertz CT molecular complexity index is 741. The Hall–Kier alpha value is -3.50. The highest BCUT2D eigenvalue weighted by atomic mass is 16.4. The van der Waals surface area contributed by atoms with E-state index >= 15 is 0 Å². The molecule has 0 saturated carbocycles. The fourth-order valence-corrected chi connectivity index (χ4v) is 2.46. The lowest BCUT2D eigenvalue weighted by atomic mass is 10.1. The number of carboxylic acids is 1. The van der Waals surface area contributed by atoms with E-state index in [1.807, 2.05) is 5.32 Å². The van der Waals surface area contributed by atoms with Gasteiger partial charge < -0.3 is 54.2 Å². The SMILES string of the molecule is CC(O)C(NC(=O)C(CC(N)=O)NC(=O)C(CCCN=C(N)N)NC(=O)C(N)CO)C(=O)O. The van der Waals surface area contributed by atoms with Crippen LogP contribution in [0.3, 0.4) is 0 Å². The number of nitrogens with one attached hydrogen (secondary N) is 3. The van der Waals surface area contributed by atoms with Crippen molar-refractivity contribution in [3.05, 3.63) is 0 Å². The molecule has 0 aliphatic rings. The van der Waals surface area contributed by atoms with Gasteiger partial charge in [0, 0.05) is 6.54 Å². The fraction of sp³-hybridized carbons (Fsp3) is 0.647. The third-order valence-corrected chi connectivity index (χ3v) is 4.20. The Labute approximate surface area is 189 Å². The average molecular weight is 476 g/mol. The van der Waals surface area contributed by atoms with Crippen molar-refractivity contribution >= 4 is 35.6 Å². The summed E-state index contributed by atoms with van der Waals surface area (Å²) in [6.45, 7) is 0.526. The van der Waals surface area contributed by atoms with Gasteiger partial charge in [-0.15, -0.1) is 0 Å². The first-order valence-corrected chi connectivity index (χ1v) is 9.82. The van der Waals surface area contributed by atoms with Crippen LogP contribution in [0.4, 0.5) is 0 Å². The molecule has 0 radical (unpaired) electrons. The minimum absolute atomic E-state index is 0.0250. The molecule has 0 aromatic carbocycles. The molecule has 0 aromatic heterocycles. The molecule has 0 saturated heterocycles. The van der Waals surface area contributed by atoms with Crippen LogP contribution in [0.5, 0.6) is 0 Å². The number of guanidine groups is 1. The van der Waals surface area contributed by atoms with Crippen molar-refractivity contribution in [3.8, 4) is 0 Å². The van der Waals surface area contributed by atoms with Crippen LogP contribution in [0.2, 0.25) is 0 Å². The van der Waals surface area contributed by atoms with Crippen LogP contribution < -0.4 is 38.9 Å². The molecule has 4 amide bonds. The third kappa shape index (κ3) is 11.6. The molecule has 5 atom stereocenters. The van der Waals surface area contributed by atoms with Gasteiger partial charge in [-0.1, -0.05) is 0 Å². The molecule has 0 aliphatic heterocycles. The zero-order valence-corrected chi connectivity index (χ0v) is 18.1. The van der Waals surface area contributed by atoms with Crippen molar-refractivity contribution in [2.24, 2.45) is 27.9 Å². The van der Waals surface area contributed by atoms with Crippen molar-refractivity contribution in [2.75, 3.05) is 13.2 Å². The van der Waals surface area contributed by atoms with Crippen LogP contribution in [0, 0.1) is 0 Å². The molecule has 0 aromatic rings. The van der Waals surface area contributed by atoms with Gasteiger partial charge in [-0.3, -0.25) is 24.2 Å². The number of carboxylic acid groups (broad SMARTS) is 1. The van der Waals surface area contributed by atoms with Gasteiger partial charge in [0.2, 0.25) is 23.6 Å². The molecule has 0 aliphatic carbocycles. The maximum atomic E-state index is 12.8. The molecule has 14 N–H and O–H groups in total. The Balaban J connectivity index is 5.54. The molecule has 0 spiro atoms. The van der Waals surface area contributed by atoms with Crippen LogP contribution in [-0.4, -0.2) is 94.3 Å². The zero-order valence-electron chi connectivity index (χ0n) is 18.1. The molecule has 0 rings (SSSR count). The van der Waals surface area contributed by atoms with Crippen molar-refractivity contribution in [1.82, 2.24) is 16.0 Å². The van der Waals surface area contributed by atoms with Gasteiger partial charge in [-0.05, 0) is 19.8 Å². The predicted octanol–water partition coefficient (Wildman–Crippen LogP) is -5.85. The first-order valence-electron chi connectivity index (χ1n) is 9.82. The maximum Gasteiger partial charge on any atom is 0.328 e. The summed E-state index contributed by atoms with van der Waals surface area (Å²) in [4.78, 5) is 63.6. The molecule has 0 bridgehead atoms. The number of aliphatic imine (C=N–C) groups is 1. The number of carbonyl (C=O) groups excluding carboxylic acids is 4. The Kier molecular flexibility index (Phi) is 13.0. The molecular weight excluding hydrogens is 444 g/mol. The van der Waals surface area contributed by atoms with Gasteiger partial charge in [-0.25, -0.2) is 4.79 Å². The fourth-order valence-electron chi connectivity index (χ4n) is 2.46. The van der Waals surface area contributed by atoms with E-state index in [4.69, 9.17) is 33.1 Å². The molecule has 0 fully saturated rings. The highest BCUT2D eigenvalue weighted by Gasteiger charge is 2.32. The number of hydrogen-bond acceptors (Lipinski definition) is 9. The maximum absolute atomic E-state index is 12.8. The topological polar surface area (TPSA) is 299 Å². The molecule has 33 heavy (non-hydrogen) atoms. The first kappa shape index (κ1) is 29.5. The number of nitrogens with two attached hydrogens (primary N) is 4. The lowest BCUT2D eigenvalue weighted by Crippen LogP contribution is -2.59. The van der Waals surface area contributed by atoms with Crippen LogP contribution in [0.15, 0.2) is 4.99 Å². The second-order valence-corrected chi connectivity index (χ2v) is 7.10. The number of aliphatic hydroxyl groups excluding tert-OH is 2. The van der Waals surface area contributed by atoms with E-state index in [0.717, 1.165) is 6.92 Å². The molecule has 0 heterocycles. The third-order valence-electron chi connectivity index (χ3n) is 4.20. The van der Waals surface area contributed by atoms with Crippen molar-refractivity contribution < 1.29 is 39.3 Å². The lowest BCUT2D eigenvalue weighted by molar-refractivity contribution is -0.145. The van der Waals surface area contributed by atoms with Gasteiger partial charge in [0.05, 0.1) is 19.1 Å². The van der Waals surface area contributed by atoms with Gasteiger partial charge in [0.1, 0.15) is 18.1 Å². The van der Waals surface area contributed by atoms with Crippen molar-refractivity contribution in [3.63, 3.8) is 0 Å². The smallest absolute Gasteiger partial charge is 0.328 e. The second kappa shape index (κ2) is 14.5. The number of aliphatic hydroxyl groups is 2. The highest BCUT2D eigenvalue weighted by molar-refractivity contribution is 5.96. The Morgan fingerprint density at radius 3 is 1.94 bits per heavy atom. The summed E-state index contributed by atoms with van der Waals surface area (Å²) in [6.07, 6.45) is -2.00. The molecule has 16 nitrogen and oxygen atoms in total. The Morgan fingerprint density at radius 1 is 0.939 bits per heavy atom. The molecule has 188 valence electrons. The largest absolute Gasteiger partial charge is 0.480 e. The number of amides is 4. The number of aliphatic carboxylic acids is 1. The van der Waals surface area contributed by atoms with E-state index in [2.05, 4.69) is 15.6 Å². The van der Waals surface area contributed by atoms with Gasteiger partial charge in [0.25, 0.3) is 0 Å². The minimum atomic E-state index is -1.72. The van der Waals surface area contributed by atoms with Gasteiger partial charge in [-0.2, -0.15) is 0 Å². The standard InChI is InChI=1S/C17H32N8O8/c1-7(27)12(16(32)33)25-15(31)10(5-11(19)28)24-14(30)9(3-2-4-22-17(20)21)23-13(29)8(18)6-26/h7-10,12,26-27H,2-6,18H2,1H3,(H2,19,28)(H,23,29)(H,24,30)(H,25,31)(H,32,33)(H4,20,21,22). The molecule has 5 unspecified atom stereocenters. The molecular formula is C17H32N8O8. The summed E-state index contributed by atoms with van der Waals surface area (Å²) in [6, 6.07) is -5.94. The summed E-state index contributed by atoms with van der Waals surface area (Å²) in [7, 11) is 0. The summed E-state index contributed by atoms with van der Waals surface area (Å²) in [5.41, 5.74) is 21.0. The van der Waals surface area contributed by atoms with Crippen molar-refractivity contribution in [1.29, 1.82) is 0 Å². The monoisotopic (exact) mass is 476 g/mol. The van der Waals surface area contributed by atoms with E-state index in [1.54, 1.807) is 0 Å². The minimum Gasteiger partial charge on any atom is -0.480 e. The zero-order chi connectivity index (χ0) is 25.7. The summed E-state index contributed by atoms with van der Waals surface area (Å²) in [5, 5.41) is 34.2. The number of rotatable bonds is 15. The predicted molar refractivity (Wildman–Crippen MR) is 114 cm³/mol. The number of carbonyl (C=O) groups is 5. The summed E-state index contributed by atoms with van der Waals surface area (Å²) >= 11 is 0. The molecule has 16 heteroatoms. The number of hydrogen-bond donors (Lipinski definition) is 10. The highest BCUT2D eigenvalue weighted by Crippen LogP contribution is 2.03. The van der Waals surface area contributed by atoms with Crippen LogP contribution in [-0.2, 0) is 24.0 Å². The second-order valence-electron chi connectivity index (χ2n) is 7.10. The van der Waals surface area contributed by atoms with E-state index < -0.39 is 72.9 Å². The van der Waals surface area contributed by atoms with Crippen LogP contribution >= 0.6 is 0 Å². The summed E-state index contributed by atoms with van der Waals surface area (Å²) < 4.78 is 0. The van der Waals surface area contributed by atoms with Crippen LogP contribution in [0.25, 0.3) is 0 Å². The summed E-state index contributed by atoms with van der Waals surface area (Å²) in [5.74, 6) is -5.63. The normalized spacial score (nSPS) is 15.2. The van der Waals surface area contributed by atoms with Crippen molar-refractivity contribution in [2.45, 2.75) is 56.5 Å². The number of primary amides is 1. The Morgan fingerprint density at radius 2 is 1.48 bits per heavy atom. The van der Waals surface area contributed by atoms with Crippen LogP contribution in [0.1, 0.15) is 26.2 Å². The average Bonchev–Trinajstić information content (AvgIpc) is 2.71.